The second-order valence-corrected chi connectivity index (χ2v) is 5.09. The molecule has 0 aromatic heterocycles. The van der Waals surface area contributed by atoms with Crippen molar-refractivity contribution in [3.8, 4) is 0 Å². The summed E-state index contributed by atoms with van der Waals surface area (Å²) in [6.45, 7) is 1.15. The number of rotatable bonds is 0. The van der Waals surface area contributed by atoms with Gasteiger partial charge >= 0.3 is 0 Å². The Morgan fingerprint density at radius 2 is 2.07 bits per heavy atom. The third-order valence-electron chi connectivity index (χ3n) is 3.48. The molecule has 0 unspecified atom stereocenters. The van der Waals surface area contributed by atoms with Crippen LogP contribution in [0.5, 0.6) is 0 Å². The molecule has 1 aliphatic carbocycles. The van der Waals surface area contributed by atoms with Gasteiger partial charge in [-0.05, 0) is 36.6 Å². The molecule has 1 aromatic carbocycles. The van der Waals surface area contributed by atoms with Crippen molar-refractivity contribution in [1.29, 1.82) is 0 Å². The maximum absolute atomic E-state index is 3.54. The van der Waals surface area contributed by atoms with Gasteiger partial charge in [-0.2, -0.15) is 0 Å². The van der Waals surface area contributed by atoms with Crippen molar-refractivity contribution >= 4 is 34.0 Å². The molecule has 0 radical (unpaired) electrons. The molecule has 1 saturated carbocycles. The van der Waals surface area contributed by atoms with Crippen molar-refractivity contribution in [3.63, 3.8) is 0 Å². The van der Waals surface area contributed by atoms with Gasteiger partial charge in [0, 0.05) is 22.1 Å². The Balaban J connectivity index is 0.000000750. The van der Waals surface area contributed by atoms with Crippen LogP contribution in [0.25, 0.3) is 0 Å². The lowest BCUT2D eigenvalue weighted by atomic mass is 9.66. The van der Waals surface area contributed by atoms with Crippen LogP contribution >= 0.6 is 28.3 Å². The number of hydrogen-bond donors (Lipinski definition) is 1. The molecule has 3 rings (SSSR count). The van der Waals surface area contributed by atoms with E-state index in [0.717, 1.165) is 6.54 Å². The first-order valence-corrected chi connectivity index (χ1v) is 5.63. The standard InChI is InChI=1S/C11H12BrN.ClH/c12-8-2-3-10-9(6-8)11(7-13-10)4-1-5-11;/h2-3,6,13H,1,4-5,7H2;1H. The Labute approximate surface area is 98.8 Å². The van der Waals surface area contributed by atoms with Crippen molar-refractivity contribution < 1.29 is 0 Å². The van der Waals surface area contributed by atoms with Gasteiger partial charge in [0.2, 0.25) is 0 Å². The molecule has 76 valence electrons. The monoisotopic (exact) mass is 273 g/mol. The zero-order valence-electron chi connectivity index (χ0n) is 7.85. The molecule has 1 nitrogen and oxygen atoms in total. The summed E-state index contributed by atoms with van der Waals surface area (Å²) in [5.74, 6) is 0. The fourth-order valence-electron chi connectivity index (χ4n) is 2.52. The van der Waals surface area contributed by atoms with E-state index in [4.69, 9.17) is 0 Å². The minimum absolute atomic E-state index is 0. The summed E-state index contributed by atoms with van der Waals surface area (Å²) in [6, 6.07) is 6.59. The summed E-state index contributed by atoms with van der Waals surface area (Å²) in [7, 11) is 0. The van der Waals surface area contributed by atoms with E-state index in [0.29, 0.717) is 5.41 Å². The summed E-state index contributed by atoms with van der Waals surface area (Å²) in [6.07, 6.45) is 4.13. The van der Waals surface area contributed by atoms with E-state index in [2.05, 4.69) is 39.4 Å². The largest absolute Gasteiger partial charge is 0.384 e. The number of fused-ring (bicyclic) bond motifs is 2. The normalized spacial score (nSPS) is 20.6. The van der Waals surface area contributed by atoms with Crippen molar-refractivity contribution in [3.05, 3.63) is 28.2 Å². The van der Waals surface area contributed by atoms with Crippen LogP contribution in [-0.2, 0) is 5.41 Å². The Hall–Kier alpha value is -0.210. The van der Waals surface area contributed by atoms with Crippen LogP contribution in [0.2, 0.25) is 0 Å². The molecular formula is C11H13BrClN. The summed E-state index contributed by atoms with van der Waals surface area (Å²) >= 11 is 3.54. The van der Waals surface area contributed by atoms with E-state index >= 15 is 0 Å². The lowest BCUT2D eigenvalue weighted by molar-refractivity contribution is 0.272. The van der Waals surface area contributed by atoms with E-state index in [1.165, 1.54) is 35.0 Å². The molecule has 0 saturated heterocycles. The van der Waals surface area contributed by atoms with Gasteiger partial charge in [0.25, 0.3) is 0 Å². The zero-order valence-corrected chi connectivity index (χ0v) is 10.2. The molecule has 1 fully saturated rings. The SMILES string of the molecule is Brc1ccc2c(c1)C1(CCC1)CN2.Cl. The Bertz CT molecular complexity index is 360. The number of hydrogen-bond acceptors (Lipinski definition) is 1. The molecule has 1 aliphatic heterocycles. The molecule has 1 N–H and O–H groups in total. The van der Waals surface area contributed by atoms with E-state index < -0.39 is 0 Å². The van der Waals surface area contributed by atoms with Crippen LogP contribution in [0.4, 0.5) is 5.69 Å². The Morgan fingerprint density at radius 3 is 2.71 bits per heavy atom. The highest BCUT2D eigenvalue weighted by Gasteiger charge is 2.43. The first-order chi connectivity index (χ1) is 6.30. The van der Waals surface area contributed by atoms with Crippen molar-refractivity contribution in [1.82, 2.24) is 0 Å². The van der Waals surface area contributed by atoms with Crippen molar-refractivity contribution in [2.24, 2.45) is 0 Å². The average Bonchev–Trinajstić information content (AvgIpc) is 2.41. The minimum atomic E-state index is 0. The average molecular weight is 275 g/mol. The van der Waals surface area contributed by atoms with Gasteiger partial charge in [0.05, 0.1) is 0 Å². The van der Waals surface area contributed by atoms with Crippen molar-refractivity contribution in [2.75, 3.05) is 11.9 Å². The molecular weight excluding hydrogens is 261 g/mol. The molecule has 1 aromatic rings. The second kappa shape index (κ2) is 3.42. The highest BCUT2D eigenvalue weighted by Crippen LogP contribution is 2.50. The maximum Gasteiger partial charge on any atom is 0.0380 e. The number of halogens is 2. The van der Waals surface area contributed by atoms with Crippen LogP contribution in [0.1, 0.15) is 24.8 Å². The lowest BCUT2D eigenvalue weighted by Gasteiger charge is -2.38. The van der Waals surface area contributed by atoms with Gasteiger partial charge < -0.3 is 5.32 Å². The van der Waals surface area contributed by atoms with Gasteiger partial charge in [-0.1, -0.05) is 22.4 Å². The van der Waals surface area contributed by atoms with Crippen LogP contribution in [-0.4, -0.2) is 6.54 Å². The van der Waals surface area contributed by atoms with E-state index in [1.54, 1.807) is 0 Å². The fraction of sp³-hybridized carbons (Fsp3) is 0.455. The third kappa shape index (κ3) is 1.28. The predicted octanol–water partition coefficient (Wildman–Crippen LogP) is 3.72. The first-order valence-electron chi connectivity index (χ1n) is 4.84. The Kier molecular flexibility index (Phi) is 2.52. The fourth-order valence-corrected chi connectivity index (χ4v) is 2.88. The second-order valence-electron chi connectivity index (χ2n) is 4.18. The zero-order chi connectivity index (χ0) is 8.89. The third-order valence-corrected chi connectivity index (χ3v) is 3.97. The quantitative estimate of drug-likeness (QED) is 0.760. The van der Waals surface area contributed by atoms with Gasteiger partial charge in [-0.15, -0.1) is 12.4 Å². The molecule has 2 aliphatic rings. The summed E-state index contributed by atoms with van der Waals surface area (Å²) < 4.78 is 1.21. The molecule has 3 heteroatoms. The minimum Gasteiger partial charge on any atom is -0.384 e. The highest BCUT2D eigenvalue weighted by molar-refractivity contribution is 9.10. The smallest absolute Gasteiger partial charge is 0.0380 e. The number of nitrogens with one attached hydrogen (secondary N) is 1. The van der Waals surface area contributed by atoms with E-state index in [9.17, 15) is 0 Å². The maximum atomic E-state index is 3.54. The van der Waals surface area contributed by atoms with E-state index in [-0.39, 0.29) is 12.4 Å². The molecule has 1 heterocycles. The predicted molar refractivity (Wildman–Crippen MR) is 65.4 cm³/mol. The van der Waals surface area contributed by atoms with Crippen molar-refractivity contribution in [2.45, 2.75) is 24.7 Å². The van der Waals surface area contributed by atoms with Gasteiger partial charge in [0.1, 0.15) is 0 Å². The van der Waals surface area contributed by atoms with Gasteiger partial charge in [-0.3, -0.25) is 0 Å². The molecule has 0 atom stereocenters. The van der Waals surface area contributed by atoms with Crippen LogP contribution in [0, 0.1) is 0 Å². The molecule has 0 bridgehead atoms. The highest BCUT2D eigenvalue weighted by atomic mass is 79.9. The van der Waals surface area contributed by atoms with E-state index in [1.807, 2.05) is 0 Å². The number of benzene rings is 1. The van der Waals surface area contributed by atoms with Gasteiger partial charge in [0.15, 0.2) is 0 Å². The topological polar surface area (TPSA) is 12.0 Å². The molecule has 1 spiro atoms. The molecule has 14 heavy (non-hydrogen) atoms. The van der Waals surface area contributed by atoms with Crippen LogP contribution in [0.15, 0.2) is 22.7 Å². The lowest BCUT2D eigenvalue weighted by Crippen LogP contribution is -2.35. The van der Waals surface area contributed by atoms with Gasteiger partial charge in [-0.25, -0.2) is 0 Å². The first kappa shape index (κ1) is 10.3. The Morgan fingerprint density at radius 1 is 1.29 bits per heavy atom. The summed E-state index contributed by atoms with van der Waals surface area (Å²) in [5.41, 5.74) is 3.38. The summed E-state index contributed by atoms with van der Waals surface area (Å²) in [5, 5.41) is 3.50. The van der Waals surface area contributed by atoms with Crippen LogP contribution < -0.4 is 5.32 Å². The van der Waals surface area contributed by atoms with Crippen LogP contribution in [0.3, 0.4) is 0 Å². The summed E-state index contributed by atoms with van der Waals surface area (Å²) in [4.78, 5) is 0. The number of anilines is 1. The molecule has 0 amide bonds.